The van der Waals surface area contributed by atoms with Crippen molar-refractivity contribution in [1.82, 2.24) is 30.7 Å². The number of hydrogen-bond acceptors (Lipinski definition) is 11. The van der Waals surface area contributed by atoms with E-state index in [9.17, 15) is 57.9 Å². The molecule has 3 heterocycles. The van der Waals surface area contributed by atoms with Crippen LogP contribution in [0.3, 0.4) is 0 Å². The number of carbonyl (C=O) groups excluding carboxylic acids is 5. The van der Waals surface area contributed by atoms with Crippen LogP contribution in [0.2, 0.25) is 5.02 Å². The van der Waals surface area contributed by atoms with Gasteiger partial charge in [0.15, 0.2) is 17.3 Å². The average molecular weight is 759 g/mol. The van der Waals surface area contributed by atoms with Crippen molar-refractivity contribution in [3.63, 3.8) is 0 Å². The van der Waals surface area contributed by atoms with Gasteiger partial charge in [-0.2, -0.15) is 0 Å². The number of aryl methyl sites for hydroxylation is 1. The summed E-state index contributed by atoms with van der Waals surface area (Å²) in [5, 5.41) is 46.4. The minimum atomic E-state index is -2.05. The van der Waals surface area contributed by atoms with Crippen molar-refractivity contribution in [3.05, 3.63) is 81.1 Å². The van der Waals surface area contributed by atoms with Crippen LogP contribution in [-0.4, -0.2) is 110 Å². The van der Waals surface area contributed by atoms with Crippen LogP contribution in [0.25, 0.3) is 0 Å². The molecule has 0 bridgehead atoms. The van der Waals surface area contributed by atoms with E-state index in [1.807, 2.05) is 0 Å². The highest BCUT2D eigenvalue weighted by Crippen LogP contribution is 2.40. The first kappa shape index (κ1) is 38.2. The van der Waals surface area contributed by atoms with E-state index in [4.69, 9.17) is 16.3 Å². The van der Waals surface area contributed by atoms with Gasteiger partial charge in [-0.05, 0) is 49.6 Å². The van der Waals surface area contributed by atoms with Crippen molar-refractivity contribution in [2.45, 2.75) is 31.7 Å². The van der Waals surface area contributed by atoms with Crippen LogP contribution in [0.1, 0.15) is 50.0 Å². The largest absolute Gasteiger partial charge is 0.547 e. The first-order chi connectivity index (χ1) is 25.1. The van der Waals surface area contributed by atoms with E-state index < -0.39 is 93.9 Å². The predicted molar refractivity (Wildman–Crippen MR) is 178 cm³/mol. The summed E-state index contributed by atoms with van der Waals surface area (Å²) in [5.74, 6) is -12.6. The zero-order valence-electron chi connectivity index (χ0n) is 27.6. The molecule has 1 unspecified atom stereocenters. The number of hydrogen-bond donors (Lipinski definition) is 7. The molecule has 6 amide bonds. The molecule has 278 valence electrons. The number of piperazine rings is 1. The fourth-order valence-corrected chi connectivity index (χ4v) is 5.94. The monoisotopic (exact) mass is 758 g/mol. The number of urea groups is 1. The topological polar surface area (TPSA) is 248 Å². The molecular formula is C32H30BClF2N6O11. The molecule has 0 radical (unpaired) electrons. The minimum absolute atomic E-state index is 0.0396. The van der Waals surface area contributed by atoms with Gasteiger partial charge in [-0.25, -0.2) is 18.4 Å². The number of halogens is 3. The van der Waals surface area contributed by atoms with Crippen LogP contribution in [0.5, 0.6) is 17.2 Å². The molecule has 2 aliphatic heterocycles. The second kappa shape index (κ2) is 15.7. The zero-order chi connectivity index (χ0) is 38.7. The third-order valence-electron chi connectivity index (χ3n) is 8.39. The molecule has 0 saturated carbocycles. The maximum atomic E-state index is 14.6. The molecule has 7 N–H and O–H groups in total. The molecule has 1 aromatic heterocycles. The maximum absolute atomic E-state index is 14.6. The highest BCUT2D eigenvalue weighted by Gasteiger charge is 2.42. The van der Waals surface area contributed by atoms with Gasteiger partial charge in [-0.1, -0.05) is 17.7 Å². The van der Waals surface area contributed by atoms with E-state index in [-0.39, 0.29) is 50.5 Å². The van der Waals surface area contributed by atoms with Crippen molar-refractivity contribution >= 4 is 54.3 Å². The Hall–Kier alpha value is -6.02. The number of nitrogens with one attached hydrogen (secondary N) is 3. The Morgan fingerprint density at radius 3 is 2.51 bits per heavy atom. The number of carbonyl (C=O) groups is 6. The van der Waals surface area contributed by atoms with Crippen molar-refractivity contribution in [3.8, 4) is 17.2 Å². The van der Waals surface area contributed by atoms with Crippen molar-refractivity contribution in [2.75, 3.05) is 26.2 Å². The molecule has 53 heavy (non-hydrogen) atoms. The van der Waals surface area contributed by atoms with Crippen molar-refractivity contribution < 1.29 is 62.5 Å². The van der Waals surface area contributed by atoms with Crippen LogP contribution in [0.15, 0.2) is 36.5 Å². The summed E-state index contributed by atoms with van der Waals surface area (Å²) in [6.07, 6.45) is 1.42. The lowest BCUT2D eigenvalue weighted by Gasteiger charge is -2.34. The van der Waals surface area contributed by atoms with E-state index in [0.717, 1.165) is 17.0 Å². The maximum Gasteiger partial charge on any atom is 0.547 e. The van der Waals surface area contributed by atoms with Crippen LogP contribution >= 0.6 is 11.6 Å². The highest BCUT2D eigenvalue weighted by molar-refractivity contribution is 6.47. The number of pyridine rings is 1. The van der Waals surface area contributed by atoms with Crippen molar-refractivity contribution in [2.24, 2.45) is 0 Å². The summed E-state index contributed by atoms with van der Waals surface area (Å²) >= 11 is 6.13. The Balaban J connectivity index is 1.28. The molecule has 0 spiro atoms. The van der Waals surface area contributed by atoms with Gasteiger partial charge in [0.25, 0.3) is 5.91 Å². The van der Waals surface area contributed by atoms with Gasteiger partial charge in [0.2, 0.25) is 5.91 Å². The summed E-state index contributed by atoms with van der Waals surface area (Å²) in [7, 11) is -1.97. The summed E-state index contributed by atoms with van der Waals surface area (Å²) in [6, 6.07) is 2.28. The molecule has 17 nitrogen and oxygen atoms in total. The summed E-state index contributed by atoms with van der Waals surface area (Å²) in [6.45, 7) is 1.43. The van der Waals surface area contributed by atoms with Crippen molar-refractivity contribution in [1.29, 1.82) is 0 Å². The lowest BCUT2D eigenvalue weighted by molar-refractivity contribution is -0.153. The number of aromatic nitrogens is 1. The molecule has 21 heteroatoms. The second-order valence-electron chi connectivity index (χ2n) is 11.9. The second-order valence-corrected chi connectivity index (χ2v) is 12.3. The van der Waals surface area contributed by atoms with Gasteiger partial charge >= 0.3 is 30.9 Å². The third kappa shape index (κ3) is 8.07. The third-order valence-corrected chi connectivity index (χ3v) is 8.79. The van der Waals surface area contributed by atoms with E-state index in [1.54, 1.807) is 13.0 Å². The molecule has 1 fully saturated rings. The van der Waals surface area contributed by atoms with Gasteiger partial charge in [0.05, 0.1) is 11.0 Å². The number of aromatic hydroxyl groups is 2. The van der Waals surface area contributed by atoms with Gasteiger partial charge < -0.3 is 45.8 Å². The fraction of sp³-hybridized carbons (Fsp3) is 0.281. The highest BCUT2D eigenvalue weighted by atomic mass is 35.5. The number of nitrogens with zero attached hydrogens (tertiary/aromatic N) is 3. The Morgan fingerprint density at radius 2 is 1.81 bits per heavy atom. The number of rotatable bonds is 10. The van der Waals surface area contributed by atoms with E-state index >= 15 is 0 Å². The summed E-state index contributed by atoms with van der Waals surface area (Å²) in [4.78, 5) is 82.7. The quantitative estimate of drug-likeness (QED) is 0.0657. The van der Waals surface area contributed by atoms with Crippen LogP contribution in [0.4, 0.5) is 13.6 Å². The van der Waals surface area contributed by atoms with Crippen LogP contribution < -0.4 is 20.6 Å². The van der Waals surface area contributed by atoms with E-state index in [1.165, 1.54) is 12.3 Å². The van der Waals surface area contributed by atoms with Crippen LogP contribution in [-0.2, 0) is 20.8 Å². The summed E-state index contributed by atoms with van der Waals surface area (Å²) in [5.41, 5.74) is -0.373. The fourth-order valence-electron chi connectivity index (χ4n) is 5.69. The van der Waals surface area contributed by atoms with Gasteiger partial charge in [-0.3, -0.25) is 29.1 Å². The molecule has 2 atom stereocenters. The number of phenols is 2. The average Bonchev–Trinajstić information content (AvgIpc) is 3.11. The number of amides is 6. The van der Waals surface area contributed by atoms with Crippen LogP contribution in [0, 0.1) is 18.6 Å². The zero-order valence-corrected chi connectivity index (χ0v) is 28.3. The Kier molecular flexibility index (Phi) is 11.3. The van der Waals surface area contributed by atoms with Gasteiger partial charge in [-0.15, -0.1) is 0 Å². The van der Waals surface area contributed by atoms with Gasteiger partial charge in [0.1, 0.15) is 23.2 Å². The number of benzene rings is 2. The number of fused-ring (bicyclic) bond motifs is 1. The first-order valence-corrected chi connectivity index (χ1v) is 16.2. The number of phenolic OH excluding ortho intramolecular Hbond substituents is 2. The Labute approximate surface area is 303 Å². The van der Waals surface area contributed by atoms with E-state index in [2.05, 4.69) is 20.9 Å². The Bertz CT molecular complexity index is 2020. The standard InChI is InChI=1S/C32H30BClF2N6O11/c1-14-11-16(5-7-37-14)27(45)38-6-2-8-41-9-10-42(30(48)29(41)47)32(51)40-23(17-13-19(36)24(43)25(44)22(17)34)28(46)39-20-12-15-3-4-18(35)21(31(49)50)26(15)53-33(20)52/h3-5,7,11,13,20,23,43-44,52H,2,6,8-10,12H2,1H3,(H,38,45)(H,39,46)(H,40,51)(H,49,50)/t20-,23?/m0/s1. The minimum Gasteiger partial charge on any atom is -0.534 e. The van der Waals surface area contributed by atoms with Gasteiger partial charge in [0, 0.05) is 49.2 Å². The lowest BCUT2D eigenvalue weighted by Crippen LogP contribution is -2.60. The predicted octanol–water partition coefficient (Wildman–Crippen LogP) is 0.812. The molecule has 3 aromatic rings. The molecule has 1 saturated heterocycles. The molecular weight excluding hydrogens is 729 g/mol. The first-order valence-electron chi connectivity index (χ1n) is 15.8. The number of carboxylic acids is 1. The van der Waals surface area contributed by atoms with E-state index in [0.29, 0.717) is 22.2 Å². The molecule has 2 aliphatic rings. The number of aromatic carboxylic acids is 1. The number of imide groups is 1. The molecule has 2 aromatic carbocycles. The normalized spacial score (nSPS) is 16.0. The number of carboxylic acid groups (broad SMARTS) is 1. The summed E-state index contributed by atoms with van der Waals surface area (Å²) < 4.78 is 34.0. The molecule has 5 rings (SSSR count). The Morgan fingerprint density at radius 1 is 1.08 bits per heavy atom. The smallest absolute Gasteiger partial charge is 0.534 e. The molecule has 0 aliphatic carbocycles. The SMILES string of the molecule is Cc1cc(C(=O)NCCCN2CCN(C(=O)NC(C(=O)N[C@H]3Cc4ccc(F)c(C(=O)O)c4OB3O)c3cc(F)c(O)c(O)c3Cl)C(=O)C2=O)ccn1. The lowest BCUT2D eigenvalue weighted by atomic mass is 9.72.